The summed E-state index contributed by atoms with van der Waals surface area (Å²) < 4.78 is 36.1. The normalized spacial score (nSPS) is 18.6. The summed E-state index contributed by atoms with van der Waals surface area (Å²) in [5.41, 5.74) is 0.839. The molecule has 1 unspecified atom stereocenters. The highest BCUT2D eigenvalue weighted by molar-refractivity contribution is 6.31. The highest BCUT2D eigenvalue weighted by atomic mass is 35.5. The van der Waals surface area contributed by atoms with Crippen LogP contribution in [0.4, 0.5) is 18.0 Å². The van der Waals surface area contributed by atoms with E-state index in [0.29, 0.717) is 24.7 Å². The largest absolute Gasteiger partial charge is 0.405 e. The Kier molecular flexibility index (Phi) is 6.63. The molecule has 1 aromatic carbocycles. The summed E-state index contributed by atoms with van der Waals surface area (Å²) in [6.45, 7) is 0.123. The standard InChI is InChI=1S/C15H18ClF3N4O2/c16-11-4-2-1-3-10(11)12-7-20-5-6-23(12)8-13(24)22-14(25)21-9-15(17,18)19/h1-4,12,20H,5-9H2,(H2,21,22,24,25). The minimum Gasteiger partial charge on any atom is -0.329 e. The lowest BCUT2D eigenvalue weighted by Gasteiger charge is -2.36. The number of benzene rings is 1. The van der Waals surface area contributed by atoms with Gasteiger partial charge in [0, 0.05) is 30.7 Å². The lowest BCUT2D eigenvalue weighted by molar-refractivity contribution is -0.125. The lowest BCUT2D eigenvalue weighted by Crippen LogP contribution is -2.51. The molecule has 0 saturated carbocycles. The summed E-state index contributed by atoms with van der Waals surface area (Å²) in [6, 6.07) is 5.87. The first-order valence-corrected chi connectivity index (χ1v) is 7.97. The maximum absolute atomic E-state index is 12.0. The van der Waals surface area contributed by atoms with E-state index < -0.39 is 24.7 Å². The number of alkyl halides is 3. The molecule has 1 aromatic rings. The summed E-state index contributed by atoms with van der Waals surface area (Å²) in [5, 5.41) is 7.26. The Morgan fingerprint density at radius 2 is 2.04 bits per heavy atom. The van der Waals surface area contributed by atoms with E-state index in [0.717, 1.165) is 5.56 Å². The average Bonchev–Trinajstić information content (AvgIpc) is 2.53. The van der Waals surface area contributed by atoms with Gasteiger partial charge in [-0.15, -0.1) is 0 Å². The number of nitrogens with one attached hydrogen (secondary N) is 3. The van der Waals surface area contributed by atoms with Gasteiger partial charge in [0.2, 0.25) is 5.91 Å². The van der Waals surface area contributed by atoms with Crippen LogP contribution in [0.2, 0.25) is 5.02 Å². The van der Waals surface area contributed by atoms with Crippen LogP contribution in [-0.4, -0.2) is 55.7 Å². The summed E-state index contributed by atoms with van der Waals surface area (Å²) in [4.78, 5) is 25.1. The summed E-state index contributed by atoms with van der Waals surface area (Å²) in [7, 11) is 0. The molecule has 0 spiro atoms. The van der Waals surface area contributed by atoms with E-state index >= 15 is 0 Å². The van der Waals surface area contributed by atoms with E-state index in [4.69, 9.17) is 11.6 Å². The van der Waals surface area contributed by atoms with Crippen LogP contribution in [0.25, 0.3) is 0 Å². The minimum atomic E-state index is -4.53. The number of carbonyl (C=O) groups excluding carboxylic acids is 2. The van der Waals surface area contributed by atoms with Gasteiger partial charge in [-0.3, -0.25) is 15.0 Å². The smallest absolute Gasteiger partial charge is 0.329 e. The van der Waals surface area contributed by atoms with Crippen molar-refractivity contribution in [3.05, 3.63) is 34.9 Å². The number of hydrogen-bond acceptors (Lipinski definition) is 4. The Bertz CT molecular complexity index is 627. The van der Waals surface area contributed by atoms with Gasteiger partial charge in [0.25, 0.3) is 0 Å². The van der Waals surface area contributed by atoms with Crippen molar-refractivity contribution in [1.29, 1.82) is 0 Å². The molecule has 2 rings (SSSR count). The van der Waals surface area contributed by atoms with Gasteiger partial charge in [-0.2, -0.15) is 13.2 Å². The number of urea groups is 1. The van der Waals surface area contributed by atoms with Gasteiger partial charge in [-0.25, -0.2) is 4.79 Å². The molecule has 3 amide bonds. The number of imide groups is 1. The fourth-order valence-electron chi connectivity index (χ4n) is 2.56. The molecule has 6 nitrogen and oxygen atoms in total. The first-order valence-electron chi connectivity index (χ1n) is 7.60. The van der Waals surface area contributed by atoms with Crippen LogP contribution in [0.15, 0.2) is 24.3 Å². The summed E-state index contributed by atoms with van der Waals surface area (Å²) in [5.74, 6) is -0.682. The molecule has 1 atom stereocenters. The molecule has 0 aromatic heterocycles. The number of amides is 3. The molecule has 3 N–H and O–H groups in total. The van der Waals surface area contributed by atoms with Crippen molar-refractivity contribution in [1.82, 2.24) is 20.9 Å². The zero-order chi connectivity index (χ0) is 18.4. The number of nitrogens with zero attached hydrogens (tertiary/aromatic N) is 1. The third-order valence-electron chi connectivity index (χ3n) is 3.67. The van der Waals surface area contributed by atoms with E-state index in [1.54, 1.807) is 17.4 Å². The zero-order valence-corrected chi connectivity index (χ0v) is 14.0. The molecule has 25 heavy (non-hydrogen) atoms. The first kappa shape index (κ1) is 19.5. The zero-order valence-electron chi connectivity index (χ0n) is 13.2. The number of carbonyl (C=O) groups is 2. The lowest BCUT2D eigenvalue weighted by atomic mass is 10.0. The summed E-state index contributed by atoms with van der Waals surface area (Å²) in [6.07, 6.45) is -4.53. The third-order valence-corrected chi connectivity index (χ3v) is 4.01. The predicted molar refractivity (Wildman–Crippen MR) is 86.2 cm³/mol. The number of rotatable bonds is 4. The van der Waals surface area contributed by atoms with Crippen molar-refractivity contribution in [2.24, 2.45) is 0 Å². The number of hydrogen-bond donors (Lipinski definition) is 3. The molecule has 1 aliphatic rings. The van der Waals surface area contributed by atoms with Crippen LogP contribution >= 0.6 is 11.6 Å². The van der Waals surface area contributed by atoms with Gasteiger partial charge in [0.15, 0.2) is 0 Å². The van der Waals surface area contributed by atoms with Crippen LogP contribution < -0.4 is 16.0 Å². The van der Waals surface area contributed by atoms with Crippen LogP contribution in [0, 0.1) is 0 Å². The van der Waals surface area contributed by atoms with E-state index in [1.807, 2.05) is 22.3 Å². The molecule has 1 fully saturated rings. The van der Waals surface area contributed by atoms with Crippen molar-refractivity contribution in [3.63, 3.8) is 0 Å². The van der Waals surface area contributed by atoms with Crippen LogP contribution in [0.5, 0.6) is 0 Å². The fraction of sp³-hybridized carbons (Fsp3) is 0.467. The van der Waals surface area contributed by atoms with Gasteiger partial charge in [0.05, 0.1) is 6.54 Å². The molecule has 0 radical (unpaired) electrons. The van der Waals surface area contributed by atoms with Gasteiger partial charge < -0.3 is 10.6 Å². The van der Waals surface area contributed by atoms with Crippen molar-refractivity contribution >= 4 is 23.5 Å². The van der Waals surface area contributed by atoms with E-state index in [2.05, 4.69) is 5.32 Å². The topological polar surface area (TPSA) is 73.5 Å². The quantitative estimate of drug-likeness (QED) is 0.745. The van der Waals surface area contributed by atoms with E-state index in [9.17, 15) is 22.8 Å². The third kappa shape index (κ3) is 6.18. The molecular weight excluding hydrogens is 361 g/mol. The van der Waals surface area contributed by atoms with Crippen LogP contribution in [0.3, 0.4) is 0 Å². The van der Waals surface area contributed by atoms with E-state index in [1.165, 1.54) is 0 Å². The number of halogens is 4. The van der Waals surface area contributed by atoms with E-state index in [-0.39, 0.29) is 12.6 Å². The van der Waals surface area contributed by atoms with Crippen LogP contribution in [-0.2, 0) is 4.79 Å². The second kappa shape index (κ2) is 8.50. The predicted octanol–water partition coefficient (Wildman–Crippen LogP) is 1.67. The van der Waals surface area contributed by atoms with Gasteiger partial charge in [-0.1, -0.05) is 29.8 Å². The number of piperazine rings is 1. The van der Waals surface area contributed by atoms with Gasteiger partial charge in [0.1, 0.15) is 6.54 Å². The summed E-state index contributed by atoms with van der Waals surface area (Å²) >= 11 is 6.20. The molecule has 138 valence electrons. The second-order valence-electron chi connectivity index (χ2n) is 5.56. The Morgan fingerprint density at radius 1 is 1.32 bits per heavy atom. The SMILES string of the molecule is O=C(CN1CCNCC1c1ccccc1Cl)NC(=O)NCC(F)(F)F. The van der Waals surface area contributed by atoms with Crippen molar-refractivity contribution < 1.29 is 22.8 Å². The molecular formula is C15H18ClF3N4O2. The fourth-order valence-corrected chi connectivity index (χ4v) is 2.82. The highest BCUT2D eigenvalue weighted by Gasteiger charge is 2.29. The molecule has 10 heteroatoms. The maximum Gasteiger partial charge on any atom is 0.405 e. The Hall–Kier alpha value is -1.84. The molecule has 0 bridgehead atoms. The Balaban J connectivity index is 1.94. The van der Waals surface area contributed by atoms with Crippen LogP contribution in [0.1, 0.15) is 11.6 Å². The highest BCUT2D eigenvalue weighted by Crippen LogP contribution is 2.28. The van der Waals surface area contributed by atoms with Crippen molar-refractivity contribution in [2.45, 2.75) is 12.2 Å². The first-order chi connectivity index (χ1) is 11.8. The second-order valence-corrected chi connectivity index (χ2v) is 5.97. The molecule has 1 saturated heterocycles. The Labute approximate surface area is 147 Å². The Morgan fingerprint density at radius 3 is 2.72 bits per heavy atom. The molecule has 1 aliphatic heterocycles. The average molecular weight is 379 g/mol. The minimum absolute atomic E-state index is 0.128. The van der Waals surface area contributed by atoms with Gasteiger partial charge >= 0.3 is 12.2 Å². The van der Waals surface area contributed by atoms with Crippen molar-refractivity contribution in [3.8, 4) is 0 Å². The monoisotopic (exact) mass is 378 g/mol. The molecule has 1 heterocycles. The molecule has 0 aliphatic carbocycles. The van der Waals surface area contributed by atoms with Gasteiger partial charge in [-0.05, 0) is 11.6 Å². The van der Waals surface area contributed by atoms with Crippen molar-refractivity contribution in [2.75, 3.05) is 32.7 Å². The maximum atomic E-state index is 12.0.